The van der Waals surface area contributed by atoms with E-state index in [1.165, 1.54) is 27.8 Å². The van der Waals surface area contributed by atoms with Crippen LogP contribution in [-0.4, -0.2) is 36.7 Å². The van der Waals surface area contributed by atoms with Crippen LogP contribution in [-0.2, 0) is 27.7 Å². The summed E-state index contributed by atoms with van der Waals surface area (Å²) in [6.45, 7) is 4.36. The number of sulfonamides is 1. The Bertz CT molecular complexity index is 1160. The summed E-state index contributed by atoms with van der Waals surface area (Å²) in [4.78, 5) is 17.2. The molecule has 0 aliphatic rings. The Hall–Kier alpha value is -2.26. The van der Waals surface area contributed by atoms with Crippen LogP contribution in [0.15, 0.2) is 58.8 Å². The standard InChI is InChI=1S/C22H24ClN3O3S2/c1-3-26(4-2)31(28,29)20-10-6-9-18(13-20)24-21(27)14-19-15-30-22(25-19)12-16-7-5-8-17(23)11-16/h5-11,13,15H,3-4,12,14H2,1-2H3,(H,24,27). The zero-order chi connectivity index (χ0) is 22.4. The van der Waals surface area contributed by atoms with Crippen molar-refractivity contribution in [3.8, 4) is 0 Å². The first-order valence-corrected chi connectivity index (χ1v) is 12.6. The van der Waals surface area contributed by atoms with Crippen molar-refractivity contribution < 1.29 is 13.2 Å². The van der Waals surface area contributed by atoms with Crippen molar-refractivity contribution in [1.82, 2.24) is 9.29 Å². The molecule has 0 bridgehead atoms. The molecular weight excluding hydrogens is 454 g/mol. The van der Waals surface area contributed by atoms with Gasteiger partial charge in [0, 0.05) is 35.6 Å². The summed E-state index contributed by atoms with van der Waals surface area (Å²) in [5.41, 5.74) is 2.17. The van der Waals surface area contributed by atoms with Crippen molar-refractivity contribution in [1.29, 1.82) is 0 Å². The highest BCUT2D eigenvalue weighted by Crippen LogP contribution is 2.21. The van der Waals surface area contributed by atoms with E-state index in [0.29, 0.717) is 35.9 Å². The van der Waals surface area contributed by atoms with Crippen molar-refractivity contribution >= 4 is 44.6 Å². The van der Waals surface area contributed by atoms with Crippen LogP contribution >= 0.6 is 22.9 Å². The van der Waals surface area contributed by atoms with Crippen LogP contribution in [0.4, 0.5) is 5.69 Å². The van der Waals surface area contributed by atoms with Gasteiger partial charge in [0.15, 0.2) is 0 Å². The van der Waals surface area contributed by atoms with E-state index in [1.807, 2.05) is 29.6 Å². The monoisotopic (exact) mass is 477 g/mol. The van der Waals surface area contributed by atoms with Gasteiger partial charge in [-0.15, -0.1) is 11.3 Å². The van der Waals surface area contributed by atoms with Crippen LogP contribution in [0.25, 0.3) is 0 Å². The number of carbonyl (C=O) groups is 1. The predicted molar refractivity (Wildman–Crippen MR) is 125 cm³/mol. The minimum Gasteiger partial charge on any atom is -0.326 e. The third kappa shape index (κ3) is 6.13. The highest BCUT2D eigenvalue weighted by atomic mass is 35.5. The summed E-state index contributed by atoms with van der Waals surface area (Å²) in [5.74, 6) is -0.253. The fourth-order valence-corrected chi connectivity index (χ4v) is 5.69. The lowest BCUT2D eigenvalue weighted by atomic mass is 10.2. The molecule has 0 saturated heterocycles. The van der Waals surface area contributed by atoms with E-state index in [2.05, 4.69) is 10.3 Å². The van der Waals surface area contributed by atoms with Crippen molar-refractivity contribution in [2.75, 3.05) is 18.4 Å². The quantitative estimate of drug-likeness (QED) is 0.488. The molecule has 0 spiro atoms. The maximum absolute atomic E-state index is 12.7. The van der Waals surface area contributed by atoms with Crippen molar-refractivity contribution in [2.24, 2.45) is 0 Å². The number of nitrogens with zero attached hydrogens (tertiary/aromatic N) is 2. The summed E-state index contributed by atoms with van der Waals surface area (Å²) in [7, 11) is -3.59. The topological polar surface area (TPSA) is 79.4 Å². The van der Waals surface area contributed by atoms with Gasteiger partial charge >= 0.3 is 0 Å². The molecule has 1 N–H and O–H groups in total. The maximum Gasteiger partial charge on any atom is 0.243 e. The number of nitrogens with one attached hydrogen (secondary N) is 1. The zero-order valence-electron chi connectivity index (χ0n) is 17.3. The normalized spacial score (nSPS) is 11.6. The Kier molecular flexibility index (Phi) is 7.83. The number of anilines is 1. The van der Waals surface area contributed by atoms with Gasteiger partial charge in [0.05, 0.1) is 22.0 Å². The van der Waals surface area contributed by atoms with Gasteiger partial charge in [0.25, 0.3) is 0 Å². The molecule has 0 aliphatic carbocycles. The first-order chi connectivity index (χ1) is 14.8. The Morgan fingerprint density at radius 1 is 1.13 bits per heavy atom. The van der Waals surface area contributed by atoms with Gasteiger partial charge < -0.3 is 5.32 Å². The van der Waals surface area contributed by atoms with Crippen LogP contribution < -0.4 is 5.32 Å². The Morgan fingerprint density at radius 2 is 1.87 bits per heavy atom. The smallest absolute Gasteiger partial charge is 0.243 e. The van der Waals surface area contributed by atoms with E-state index >= 15 is 0 Å². The molecule has 0 fully saturated rings. The molecule has 0 aliphatic heterocycles. The molecule has 2 aromatic carbocycles. The average molecular weight is 478 g/mol. The summed E-state index contributed by atoms with van der Waals surface area (Å²) in [6, 6.07) is 13.9. The molecule has 31 heavy (non-hydrogen) atoms. The largest absolute Gasteiger partial charge is 0.326 e. The second-order valence-electron chi connectivity index (χ2n) is 6.88. The molecule has 0 atom stereocenters. The van der Waals surface area contributed by atoms with E-state index in [9.17, 15) is 13.2 Å². The molecule has 1 aromatic heterocycles. The predicted octanol–water partition coefficient (Wildman–Crippen LogP) is 4.60. The number of thiazole rings is 1. The minimum absolute atomic E-state index is 0.110. The van der Waals surface area contributed by atoms with Crippen LogP contribution in [0.3, 0.4) is 0 Å². The van der Waals surface area contributed by atoms with E-state index in [-0.39, 0.29) is 17.2 Å². The third-order valence-corrected chi connectivity index (χ3v) is 7.82. The molecule has 0 unspecified atom stereocenters. The third-order valence-electron chi connectivity index (χ3n) is 4.65. The summed E-state index contributed by atoms with van der Waals surface area (Å²) in [5, 5.41) is 6.21. The molecule has 6 nitrogen and oxygen atoms in total. The first kappa shape index (κ1) is 23.4. The number of hydrogen-bond donors (Lipinski definition) is 1. The molecule has 3 aromatic rings. The van der Waals surface area contributed by atoms with Gasteiger partial charge in [-0.25, -0.2) is 13.4 Å². The van der Waals surface area contributed by atoms with E-state index < -0.39 is 10.0 Å². The number of benzene rings is 2. The number of hydrogen-bond acceptors (Lipinski definition) is 5. The van der Waals surface area contributed by atoms with Crippen LogP contribution in [0.2, 0.25) is 5.02 Å². The fraction of sp³-hybridized carbons (Fsp3) is 0.273. The molecule has 1 heterocycles. The Labute approximate surface area is 191 Å². The van der Waals surface area contributed by atoms with Gasteiger partial charge in [-0.2, -0.15) is 4.31 Å². The second kappa shape index (κ2) is 10.4. The van der Waals surface area contributed by atoms with E-state index in [4.69, 9.17) is 11.6 Å². The number of amides is 1. The fourth-order valence-electron chi connectivity index (χ4n) is 3.15. The molecule has 0 radical (unpaired) electrons. The van der Waals surface area contributed by atoms with Crippen LogP contribution in [0, 0.1) is 0 Å². The zero-order valence-corrected chi connectivity index (χ0v) is 19.7. The maximum atomic E-state index is 12.7. The highest BCUT2D eigenvalue weighted by Gasteiger charge is 2.22. The van der Waals surface area contributed by atoms with Gasteiger partial charge in [-0.1, -0.05) is 43.6 Å². The van der Waals surface area contributed by atoms with Gasteiger partial charge in [-0.3, -0.25) is 4.79 Å². The van der Waals surface area contributed by atoms with Crippen molar-refractivity contribution in [3.05, 3.63) is 75.2 Å². The van der Waals surface area contributed by atoms with Gasteiger partial charge in [0.2, 0.25) is 15.9 Å². The SMILES string of the molecule is CCN(CC)S(=O)(=O)c1cccc(NC(=O)Cc2csc(Cc3cccc(Cl)c3)n2)c1. The van der Waals surface area contributed by atoms with Gasteiger partial charge in [-0.05, 0) is 35.9 Å². The summed E-state index contributed by atoms with van der Waals surface area (Å²) >= 11 is 7.52. The summed E-state index contributed by atoms with van der Waals surface area (Å²) < 4.78 is 26.8. The van der Waals surface area contributed by atoms with Crippen molar-refractivity contribution in [2.45, 2.75) is 31.6 Å². The highest BCUT2D eigenvalue weighted by molar-refractivity contribution is 7.89. The lowest BCUT2D eigenvalue weighted by Crippen LogP contribution is -2.30. The van der Waals surface area contributed by atoms with E-state index in [1.54, 1.807) is 26.0 Å². The molecule has 3 rings (SSSR count). The summed E-state index contributed by atoms with van der Waals surface area (Å²) in [6.07, 6.45) is 0.761. The average Bonchev–Trinajstić information content (AvgIpc) is 3.15. The van der Waals surface area contributed by atoms with E-state index in [0.717, 1.165) is 10.6 Å². The molecule has 0 saturated carbocycles. The number of halogens is 1. The molecule has 164 valence electrons. The molecule has 9 heteroatoms. The molecular formula is C22H24ClN3O3S2. The van der Waals surface area contributed by atoms with Crippen LogP contribution in [0.5, 0.6) is 0 Å². The Balaban J connectivity index is 1.65. The molecule has 1 amide bonds. The first-order valence-electron chi connectivity index (χ1n) is 9.89. The van der Waals surface area contributed by atoms with Crippen molar-refractivity contribution in [3.63, 3.8) is 0 Å². The van der Waals surface area contributed by atoms with Gasteiger partial charge in [0.1, 0.15) is 0 Å². The number of aromatic nitrogens is 1. The number of rotatable bonds is 9. The lowest BCUT2D eigenvalue weighted by Gasteiger charge is -2.18. The lowest BCUT2D eigenvalue weighted by molar-refractivity contribution is -0.115. The minimum atomic E-state index is -3.59. The Morgan fingerprint density at radius 3 is 2.58 bits per heavy atom. The second-order valence-corrected chi connectivity index (χ2v) is 10.2. The van der Waals surface area contributed by atoms with Crippen LogP contribution in [0.1, 0.15) is 30.1 Å². The number of carbonyl (C=O) groups excluding carboxylic acids is 1.